The maximum atomic E-state index is 11.9. The molecule has 29 heavy (non-hydrogen) atoms. The van der Waals surface area contributed by atoms with Crippen LogP contribution in [0.15, 0.2) is 46.9 Å². The minimum atomic E-state index is -0.720. The quantitative estimate of drug-likeness (QED) is 0.620. The second-order valence-electron chi connectivity index (χ2n) is 6.56. The maximum Gasteiger partial charge on any atom is 0.325 e. The molecule has 0 unspecified atom stereocenters. The van der Waals surface area contributed by atoms with Crippen LogP contribution >= 0.6 is 0 Å². The molecule has 0 spiro atoms. The van der Waals surface area contributed by atoms with Gasteiger partial charge in [-0.05, 0) is 37.6 Å². The van der Waals surface area contributed by atoms with Crippen molar-refractivity contribution in [1.82, 2.24) is 10.3 Å². The molecule has 1 heterocycles. The number of esters is 1. The highest BCUT2D eigenvalue weighted by Crippen LogP contribution is 2.16. The number of benzene rings is 2. The number of oxazole rings is 1. The van der Waals surface area contributed by atoms with Crippen LogP contribution in [-0.4, -0.2) is 29.5 Å². The average Bonchev–Trinajstić information content (AvgIpc) is 3.10. The van der Waals surface area contributed by atoms with Crippen molar-refractivity contribution in [3.05, 3.63) is 59.5 Å². The number of fused-ring (bicyclic) bond motifs is 1. The predicted molar refractivity (Wildman–Crippen MR) is 106 cm³/mol. The summed E-state index contributed by atoms with van der Waals surface area (Å²) in [7, 11) is 0. The van der Waals surface area contributed by atoms with E-state index >= 15 is 0 Å². The number of nitrogens with one attached hydrogen (secondary N) is 2. The molecular weight excluding hydrogens is 374 g/mol. The number of amides is 3. The molecule has 2 N–H and O–H groups in total. The number of hydrogen-bond acceptors (Lipinski definition) is 6. The van der Waals surface area contributed by atoms with E-state index < -0.39 is 24.5 Å². The molecule has 0 aliphatic heterocycles. The molecule has 1 aromatic heterocycles. The maximum absolute atomic E-state index is 11.9. The number of para-hydroxylation sites is 2. The van der Waals surface area contributed by atoms with E-state index in [9.17, 15) is 14.4 Å². The van der Waals surface area contributed by atoms with Crippen LogP contribution in [-0.2, 0) is 20.7 Å². The van der Waals surface area contributed by atoms with E-state index in [1.165, 1.54) is 0 Å². The van der Waals surface area contributed by atoms with Crippen molar-refractivity contribution in [2.75, 3.05) is 11.9 Å². The molecule has 8 heteroatoms. The molecule has 0 radical (unpaired) electrons. The van der Waals surface area contributed by atoms with Gasteiger partial charge in [0, 0.05) is 12.1 Å². The fourth-order valence-corrected chi connectivity index (χ4v) is 2.72. The number of aryl methyl sites for hydroxylation is 3. The first-order valence-corrected chi connectivity index (χ1v) is 9.09. The lowest BCUT2D eigenvalue weighted by Crippen LogP contribution is -2.37. The Labute approximate surface area is 167 Å². The van der Waals surface area contributed by atoms with Gasteiger partial charge < -0.3 is 14.5 Å². The number of carbonyl (C=O) groups excluding carboxylic acids is 3. The van der Waals surface area contributed by atoms with Crippen molar-refractivity contribution < 1.29 is 23.5 Å². The molecular formula is C21H21N3O5. The highest BCUT2D eigenvalue weighted by Gasteiger charge is 2.13. The van der Waals surface area contributed by atoms with Crippen LogP contribution in [0.1, 0.15) is 23.4 Å². The summed E-state index contributed by atoms with van der Waals surface area (Å²) in [5, 5.41) is 4.70. The Hall–Kier alpha value is -3.68. The molecule has 8 nitrogen and oxygen atoms in total. The van der Waals surface area contributed by atoms with E-state index in [0.29, 0.717) is 22.7 Å². The van der Waals surface area contributed by atoms with Gasteiger partial charge in [-0.15, -0.1) is 0 Å². The molecule has 150 valence electrons. The van der Waals surface area contributed by atoms with Crippen molar-refractivity contribution in [3.8, 4) is 0 Å². The lowest BCUT2D eigenvalue weighted by atomic mass is 10.1. The molecule has 3 aromatic rings. The Morgan fingerprint density at radius 2 is 1.90 bits per heavy atom. The summed E-state index contributed by atoms with van der Waals surface area (Å²) in [5.74, 6) is -0.889. The third kappa shape index (κ3) is 5.65. The summed E-state index contributed by atoms with van der Waals surface area (Å²) in [6.07, 6.45) is 0.261. The molecule has 3 rings (SSSR count). The van der Waals surface area contributed by atoms with Crippen LogP contribution in [0.3, 0.4) is 0 Å². The first kappa shape index (κ1) is 20.1. The lowest BCUT2D eigenvalue weighted by Gasteiger charge is -2.10. The van der Waals surface area contributed by atoms with Crippen molar-refractivity contribution in [2.45, 2.75) is 26.7 Å². The van der Waals surface area contributed by atoms with Gasteiger partial charge in [0.2, 0.25) is 0 Å². The smallest absolute Gasteiger partial charge is 0.325 e. The molecule has 0 aliphatic rings. The Kier molecular flexibility index (Phi) is 6.23. The number of carbonyl (C=O) groups is 3. The van der Waals surface area contributed by atoms with Gasteiger partial charge in [0.15, 0.2) is 18.1 Å². The summed E-state index contributed by atoms with van der Waals surface area (Å²) < 4.78 is 10.4. The van der Waals surface area contributed by atoms with Crippen molar-refractivity contribution in [1.29, 1.82) is 0 Å². The Balaban J connectivity index is 1.40. The molecule has 0 fully saturated rings. The zero-order chi connectivity index (χ0) is 20.8. The van der Waals surface area contributed by atoms with Gasteiger partial charge in [-0.3, -0.25) is 14.9 Å². The fourth-order valence-electron chi connectivity index (χ4n) is 2.72. The molecule has 0 aliphatic carbocycles. The van der Waals surface area contributed by atoms with Gasteiger partial charge in [-0.2, -0.15) is 0 Å². The summed E-state index contributed by atoms with van der Waals surface area (Å²) in [6.45, 7) is 3.24. The van der Waals surface area contributed by atoms with E-state index in [0.717, 1.165) is 11.1 Å². The molecule has 0 bridgehead atoms. The van der Waals surface area contributed by atoms with E-state index in [4.69, 9.17) is 9.15 Å². The highest BCUT2D eigenvalue weighted by molar-refractivity contribution is 6.02. The van der Waals surface area contributed by atoms with Crippen LogP contribution in [0, 0.1) is 13.8 Å². The number of rotatable bonds is 6. The number of imide groups is 1. The highest BCUT2D eigenvalue weighted by atomic mass is 16.5. The van der Waals surface area contributed by atoms with Gasteiger partial charge in [0.25, 0.3) is 5.91 Å². The summed E-state index contributed by atoms with van der Waals surface area (Å²) in [6, 6.07) is 12.1. The first-order valence-electron chi connectivity index (χ1n) is 9.09. The third-order valence-electron chi connectivity index (χ3n) is 4.13. The summed E-state index contributed by atoms with van der Waals surface area (Å²) in [5.41, 5.74) is 3.89. The van der Waals surface area contributed by atoms with Gasteiger partial charge >= 0.3 is 12.0 Å². The predicted octanol–water partition coefficient (Wildman–Crippen LogP) is 3.27. The molecule has 2 aromatic carbocycles. The molecule has 0 atom stereocenters. The third-order valence-corrected chi connectivity index (χ3v) is 4.13. The zero-order valence-corrected chi connectivity index (χ0v) is 16.2. The molecule has 0 saturated heterocycles. The Morgan fingerprint density at radius 3 is 2.66 bits per heavy atom. The van der Waals surface area contributed by atoms with Crippen molar-refractivity contribution in [2.24, 2.45) is 0 Å². The van der Waals surface area contributed by atoms with Crippen LogP contribution in [0.4, 0.5) is 10.5 Å². The van der Waals surface area contributed by atoms with E-state index in [1.54, 1.807) is 12.1 Å². The van der Waals surface area contributed by atoms with E-state index in [2.05, 4.69) is 15.6 Å². The minimum Gasteiger partial charge on any atom is -0.456 e. The Bertz CT molecular complexity index is 1020. The SMILES string of the molecule is Cc1ccc(NC(=O)NC(=O)COC(=O)CCc2nc3ccccc3o2)c(C)c1. The van der Waals surface area contributed by atoms with Gasteiger partial charge in [-0.1, -0.05) is 29.8 Å². The monoisotopic (exact) mass is 395 g/mol. The second-order valence-corrected chi connectivity index (χ2v) is 6.56. The first-order chi connectivity index (χ1) is 13.9. The lowest BCUT2D eigenvalue weighted by molar-refractivity contribution is -0.148. The molecule has 3 amide bonds. The van der Waals surface area contributed by atoms with E-state index in [1.807, 2.05) is 44.2 Å². The number of anilines is 1. The molecule has 0 saturated carbocycles. The number of urea groups is 1. The summed E-state index contributed by atoms with van der Waals surface area (Å²) in [4.78, 5) is 39.8. The zero-order valence-electron chi connectivity index (χ0n) is 16.2. The Morgan fingerprint density at radius 1 is 1.10 bits per heavy atom. The van der Waals surface area contributed by atoms with Gasteiger partial charge in [0.1, 0.15) is 5.52 Å². The van der Waals surface area contributed by atoms with E-state index in [-0.39, 0.29) is 12.8 Å². The topological polar surface area (TPSA) is 111 Å². The van der Waals surface area contributed by atoms with Crippen LogP contribution in [0.5, 0.6) is 0 Å². The summed E-state index contributed by atoms with van der Waals surface area (Å²) >= 11 is 0. The minimum absolute atomic E-state index is 0.00879. The van der Waals surface area contributed by atoms with Crippen LogP contribution < -0.4 is 10.6 Å². The van der Waals surface area contributed by atoms with Crippen LogP contribution in [0.2, 0.25) is 0 Å². The standard InChI is InChI=1S/C21H21N3O5/c1-13-7-8-15(14(2)11-13)23-21(27)24-18(25)12-28-20(26)10-9-19-22-16-5-3-4-6-17(16)29-19/h3-8,11H,9-10,12H2,1-2H3,(H2,23,24,25,27). The number of nitrogens with zero attached hydrogens (tertiary/aromatic N) is 1. The van der Waals surface area contributed by atoms with Crippen molar-refractivity contribution >= 4 is 34.7 Å². The number of aromatic nitrogens is 1. The number of hydrogen-bond donors (Lipinski definition) is 2. The average molecular weight is 395 g/mol. The largest absolute Gasteiger partial charge is 0.456 e. The van der Waals surface area contributed by atoms with Gasteiger partial charge in [0.05, 0.1) is 6.42 Å². The number of ether oxygens (including phenoxy) is 1. The fraction of sp³-hybridized carbons (Fsp3) is 0.238. The van der Waals surface area contributed by atoms with Crippen LogP contribution in [0.25, 0.3) is 11.1 Å². The van der Waals surface area contributed by atoms with Gasteiger partial charge in [-0.25, -0.2) is 9.78 Å². The second kappa shape index (κ2) is 9.01. The normalized spacial score (nSPS) is 10.6. The van der Waals surface area contributed by atoms with Crippen molar-refractivity contribution in [3.63, 3.8) is 0 Å².